The minimum atomic E-state index is -0.850. The third kappa shape index (κ3) is 2.46. The average molecular weight is 362 g/mol. The zero-order valence-electron chi connectivity index (χ0n) is 13.2. The number of carbonyl (C=O) groups is 3. The van der Waals surface area contributed by atoms with Crippen LogP contribution in [0, 0.1) is 0 Å². The van der Waals surface area contributed by atoms with Crippen molar-refractivity contribution in [1.82, 2.24) is 10.6 Å². The van der Waals surface area contributed by atoms with Crippen LogP contribution < -0.4 is 16.4 Å². The van der Waals surface area contributed by atoms with Crippen LogP contribution in [0.1, 0.15) is 47.7 Å². The highest BCUT2D eigenvalue weighted by atomic mass is 35.5. The Hall–Kier alpha value is -2.54. The number of benzene rings is 1. The Bertz CT molecular complexity index is 912. The molecule has 2 fully saturated rings. The second-order valence-electron chi connectivity index (χ2n) is 6.61. The predicted octanol–water partition coefficient (Wildman–Crippen LogP) is 2.42. The highest BCUT2D eigenvalue weighted by Crippen LogP contribution is 2.44. The molecule has 7 nitrogen and oxygen atoms in total. The Kier molecular flexibility index (Phi) is 3.50. The molecule has 4 N–H and O–H groups in total. The van der Waals surface area contributed by atoms with Gasteiger partial charge in [-0.15, -0.1) is 0 Å². The van der Waals surface area contributed by atoms with Gasteiger partial charge in [0.1, 0.15) is 11.1 Å². The van der Waals surface area contributed by atoms with Crippen molar-refractivity contribution in [3.8, 4) is 0 Å². The first-order chi connectivity index (χ1) is 11.9. The number of rotatable bonds is 2. The first-order valence-electron chi connectivity index (χ1n) is 8.05. The summed E-state index contributed by atoms with van der Waals surface area (Å²) in [6.07, 6.45) is 2.21. The summed E-state index contributed by atoms with van der Waals surface area (Å²) >= 11 is 6.09. The lowest BCUT2D eigenvalue weighted by atomic mass is 9.73. The average Bonchev–Trinajstić information content (AvgIpc) is 3.06. The summed E-state index contributed by atoms with van der Waals surface area (Å²) in [6, 6.07) is 4.71. The van der Waals surface area contributed by atoms with Gasteiger partial charge in [0.05, 0.1) is 0 Å². The van der Waals surface area contributed by atoms with Crippen LogP contribution in [-0.2, 0) is 4.79 Å². The van der Waals surface area contributed by atoms with E-state index in [1.807, 2.05) is 0 Å². The van der Waals surface area contributed by atoms with E-state index in [0.717, 1.165) is 10.9 Å². The number of hydrogen-bond acceptors (Lipinski definition) is 4. The van der Waals surface area contributed by atoms with Crippen LogP contribution in [-0.4, -0.2) is 23.4 Å². The first-order valence-corrected chi connectivity index (χ1v) is 8.43. The zero-order chi connectivity index (χ0) is 17.8. The van der Waals surface area contributed by atoms with Gasteiger partial charge in [-0.1, -0.05) is 11.6 Å². The van der Waals surface area contributed by atoms with E-state index in [2.05, 4.69) is 10.6 Å². The molecular formula is C17H16ClN3O4. The number of hydrogen-bond donors (Lipinski definition) is 3. The number of urea groups is 1. The lowest BCUT2D eigenvalue weighted by Crippen LogP contribution is -2.49. The van der Waals surface area contributed by atoms with Crippen molar-refractivity contribution < 1.29 is 18.8 Å². The second kappa shape index (κ2) is 5.49. The molecule has 4 rings (SSSR count). The number of nitrogens with two attached hydrogens (primary N) is 1. The Morgan fingerprint density at radius 3 is 2.60 bits per heavy atom. The van der Waals surface area contributed by atoms with E-state index in [4.69, 9.17) is 21.8 Å². The van der Waals surface area contributed by atoms with Gasteiger partial charge in [0.15, 0.2) is 5.76 Å². The van der Waals surface area contributed by atoms with E-state index >= 15 is 0 Å². The highest BCUT2D eigenvalue weighted by Gasteiger charge is 2.48. The molecule has 4 amide bonds. The van der Waals surface area contributed by atoms with Crippen LogP contribution in [0.5, 0.6) is 0 Å². The summed E-state index contributed by atoms with van der Waals surface area (Å²) in [5.41, 5.74) is 5.94. The summed E-state index contributed by atoms with van der Waals surface area (Å²) in [6.45, 7) is 0. The minimum absolute atomic E-state index is 0.00172. The van der Waals surface area contributed by atoms with Gasteiger partial charge in [0.2, 0.25) is 0 Å². The lowest BCUT2D eigenvalue weighted by molar-refractivity contribution is -0.125. The lowest BCUT2D eigenvalue weighted by Gasteiger charge is -2.34. The van der Waals surface area contributed by atoms with Crippen molar-refractivity contribution in [2.24, 2.45) is 5.73 Å². The number of primary amides is 1. The number of furan rings is 1. The maximum Gasteiger partial charge on any atom is 0.322 e. The van der Waals surface area contributed by atoms with Crippen molar-refractivity contribution in [3.63, 3.8) is 0 Å². The monoisotopic (exact) mass is 361 g/mol. The topological polar surface area (TPSA) is 114 Å². The molecule has 0 atom stereocenters. The molecule has 2 aliphatic rings. The second-order valence-corrected chi connectivity index (χ2v) is 7.05. The van der Waals surface area contributed by atoms with Gasteiger partial charge in [-0.25, -0.2) is 4.79 Å². The quantitative estimate of drug-likeness (QED) is 0.712. The summed E-state index contributed by atoms with van der Waals surface area (Å²) in [7, 11) is 0. The molecule has 1 aromatic heterocycles. The van der Waals surface area contributed by atoms with Crippen molar-refractivity contribution >= 4 is 40.4 Å². The SMILES string of the molecule is NC(=O)c1oc2ccc(Cl)cc2c1C1CCC2(CC1)NC(=O)NC2=O. The number of nitrogens with one attached hydrogen (secondary N) is 2. The fraction of sp³-hybridized carbons (Fsp3) is 0.353. The number of halogens is 1. The minimum Gasteiger partial charge on any atom is -0.451 e. The van der Waals surface area contributed by atoms with E-state index in [9.17, 15) is 14.4 Å². The molecule has 1 saturated heterocycles. The molecule has 1 aliphatic carbocycles. The van der Waals surface area contributed by atoms with E-state index in [1.165, 1.54) is 0 Å². The molecule has 0 unspecified atom stereocenters. The molecular weight excluding hydrogens is 346 g/mol. The largest absolute Gasteiger partial charge is 0.451 e. The van der Waals surface area contributed by atoms with E-state index in [1.54, 1.807) is 18.2 Å². The fourth-order valence-electron chi connectivity index (χ4n) is 3.96. The van der Waals surface area contributed by atoms with E-state index in [0.29, 0.717) is 36.3 Å². The van der Waals surface area contributed by atoms with Gasteiger partial charge >= 0.3 is 6.03 Å². The van der Waals surface area contributed by atoms with Gasteiger partial charge in [-0.05, 0) is 49.8 Å². The third-order valence-corrected chi connectivity index (χ3v) is 5.41. The Labute approximate surface area is 147 Å². The van der Waals surface area contributed by atoms with Crippen LogP contribution in [0.25, 0.3) is 11.0 Å². The molecule has 25 heavy (non-hydrogen) atoms. The molecule has 0 radical (unpaired) electrons. The molecule has 1 aromatic carbocycles. The molecule has 0 bridgehead atoms. The van der Waals surface area contributed by atoms with Gasteiger partial charge < -0.3 is 15.5 Å². The predicted molar refractivity (Wildman–Crippen MR) is 90.4 cm³/mol. The van der Waals surface area contributed by atoms with Crippen LogP contribution in [0.3, 0.4) is 0 Å². The molecule has 2 heterocycles. The Morgan fingerprint density at radius 1 is 1.28 bits per heavy atom. The van der Waals surface area contributed by atoms with Crippen molar-refractivity contribution in [2.45, 2.75) is 37.1 Å². The summed E-state index contributed by atoms with van der Waals surface area (Å²) in [5, 5.41) is 6.34. The standard InChI is InChI=1S/C17H16ClN3O4/c18-9-1-2-11-10(7-9)12(13(25-11)14(19)22)8-3-5-17(6-4-8)15(23)20-16(24)21-17/h1-2,7-8H,3-6H2,(H2,19,22)(H2,20,21,23,24). The fourth-order valence-corrected chi connectivity index (χ4v) is 4.13. The van der Waals surface area contributed by atoms with Gasteiger partial charge in [-0.3, -0.25) is 14.9 Å². The van der Waals surface area contributed by atoms with Gasteiger partial charge in [0, 0.05) is 16.0 Å². The van der Waals surface area contributed by atoms with Crippen LogP contribution in [0.2, 0.25) is 5.02 Å². The number of fused-ring (bicyclic) bond motifs is 1. The molecule has 130 valence electrons. The first kappa shape index (κ1) is 16.0. The summed E-state index contributed by atoms with van der Waals surface area (Å²) < 4.78 is 5.64. The summed E-state index contributed by atoms with van der Waals surface area (Å²) in [5.74, 6) is -0.781. The number of amides is 4. The third-order valence-electron chi connectivity index (χ3n) is 5.17. The van der Waals surface area contributed by atoms with Gasteiger partial charge in [-0.2, -0.15) is 0 Å². The molecule has 1 spiro atoms. The molecule has 2 aromatic rings. The van der Waals surface area contributed by atoms with E-state index < -0.39 is 17.5 Å². The molecule has 1 aliphatic heterocycles. The maximum absolute atomic E-state index is 12.1. The highest BCUT2D eigenvalue weighted by molar-refractivity contribution is 6.31. The number of carbonyl (C=O) groups excluding carboxylic acids is 3. The van der Waals surface area contributed by atoms with Gasteiger partial charge in [0.25, 0.3) is 11.8 Å². The molecule has 8 heteroatoms. The Balaban J connectivity index is 1.70. The van der Waals surface area contributed by atoms with E-state index in [-0.39, 0.29) is 17.6 Å². The summed E-state index contributed by atoms with van der Waals surface area (Å²) in [4.78, 5) is 35.4. The van der Waals surface area contributed by atoms with Crippen molar-refractivity contribution in [2.75, 3.05) is 0 Å². The number of imide groups is 1. The van der Waals surface area contributed by atoms with Crippen molar-refractivity contribution in [3.05, 3.63) is 34.5 Å². The smallest absolute Gasteiger partial charge is 0.322 e. The van der Waals surface area contributed by atoms with Crippen LogP contribution in [0.4, 0.5) is 4.79 Å². The van der Waals surface area contributed by atoms with Crippen molar-refractivity contribution in [1.29, 1.82) is 0 Å². The maximum atomic E-state index is 12.1. The Morgan fingerprint density at radius 2 is 2.00 bits per heavy atom. The van der Waals surface area contributed by atoms with Crippen LogP contribution >= 0.6 is 11.6 Å². The zero-order valence-corrected chi connectivity index (χ0v) is 14.0. The molecule has 1 saturated carbocycles. The van der Waals surface area contributed by atoms with Crippen LogP contribution in [0.15, 0.2) is 22.6 Å². The normalized spacial score (nSPS) is 26.0.